The van der Waals surface area contributed by atoms with Crippen LogP contribution in [0, 0.1) is 0 Å². The minimum absolute atomic E-state index is 0.0162. The second-order valence-electron chi connectivity index (χ2n) is 5.87. The Morgan fingerprint density at radius 1 is 0.967 bits per heavy atom. The average molecular weight is 423 g/mol. The SMILES string of the molecule is COc1cc(C2=N/C(=C/c3ccc(OC(F)(F)F)cc3)C(=O)O2)cc(OC)c1OC. The molecule has 0 amide bonds. The molecule has 0 spiro atoms. The molecule has 0 atom stereocenters. The summed E-state index contributed by atoms with van der Waals surface area (Å²) in [5.74, 6) is -0.00525. The van der Waals surface area contributed by atoms with Crippen LogP contribution in [0.3, 0.4) is 0 Å². The van der Waals surface area contributed by atoms with Crippen molar-refractivity contribution in [2.45, 2.75) is 6.36 Å². The number of hydrogen-bond donors (Lipinski definition) is 0. The number of benzene rings is 2. The van der Waals surface area contributed by atoms with Crippen molar-refractivity contribution in [3.05, 3.63) is 53.2 Å². The number of nitrogens with zero attached hydrogens (tertiary/aromatic N) is 1. The van der Waals surface area contributed by atoms with E-state index in [1.54, 1.807) is 12.1 Å². The number of hydrogen-bond acceptors (Lipinski definition) is 7. The van der Waals surface area contributed by atoms with Crippen LogP contribution in [0.4, 0.5) is 13.2 Å². The van der Waals surface area contributed by atoms with Gasteiger partial charge in [-0.3, -0.25) is 0 Å². The summed E-state index contributed by atoms with van der Waals surface area (Å²) in [5, 5.41) is 0. The molecule has 0 aromatic heterocycles. The minimum atomic E-state index is -4.78. The average Bonchev–Trinajstić information content (AvgIpc) is 3.07. The van der Waals surface area contributed by atoms with Crippen LogP contribution in [0.1, 0.15) is 11.1 Å². The molecule has 0 unspecified atom stereocenters. The van der Waals surface area contributed by atoms with E-state index in [2.05, 4.69) is 9.73 Å². The van der Waals surface area contributed by atoms with Crippen molar-refractivity contribution in [2.24, 2.45) is 4.99 Å². The number of carbonyl (C=O) groups excluding carboxylic acids is 1. The van der Waals surface area contributed by atoms with Crippen LogP contribution in [-0.4, -0.2) is 39.6 Å². The number of alkyl halides is 3. The fourth-order valence-corrected chi connectivity index (χ4v) is 2.66. The monoisotopic (exact) mass is 423 g/mol. The Labute approximate surface area is 169 Å². The fraction of sp³-hybridized carbons (Fsp3) is 0.200. The van der Waals surface area contributed by atoms with Gasteiger partial charge in [-0.25, -0.2) is 9.79 Å². The Hall–Kier alpha value is -3.69. The van der Waals surface area contributed by atoms with E-state index in [1.807, 2.05) is 0 Å². The summed E-state index contributed by atoms with van der Waals surface area (Å²) in [4.78, 5) is 16.3. The van der Waals surface area contributed by atoms with E-state index in [1.165, 1.54) is 39.5 Å². The lowest BCUT2D eigenvalue weighted by Crippen LogP contribution is -2.16. The third-order valence-corrected chi connectivity index (χ3v) is 3.95. The van der Waals surface area contributed by atoms with Crippen LogP contribution in [-0.2, 0) is 9.53 Å². The second kappa shape index (κ2) is 8.36. The molecule has 0 bridgehead atoms. The number of ether oxygens (including phenoxy) is 5. The Kier molecular flexibility index (Phi) is 5.86. The first-order valence-electron chi connectivity index (χ1n) is 8.43. The van der Waals surface area contributed by atoms with Crippen LogP contribution in [0.5, 0.6) is 23.0 Å². The molecule has 0 radical (unpaired) electrons. The van der Waals surface area contributed by atoms with E-state index in [4.69, 9.17) is 18.9 Å². The van der Waals surface area contributed by atoms with Crippen LogP contribution in [0.2, 0.25) is 0 Å². The smallest absolute Gasteiger partial charge is 0.493 e. The largest absolute Gasteiger partial charge is 0.573 e. The van der Waals surface area contributed by atoms with Gasteiger partial charge in [-0.05, 0) is 35.9 Å². The van der Waals surface area contributed by atoms with Crippen LogP contribution in [0.15, 0.2) is 47.1 Å². The van der Waals surface area contributed by atoms with Crippen molar-refractivity contribution >= 4 is 17.9 Å². The third kappa shape index (κ3) is 4.65. The van der Waals surface area contributed by atoms with Crippen molar-refractivity contribution in [3.8, 4) is 23.0 Å². The molecule has 158 valence electrons. The van der Waals surface area contributed by atoms with Gasteiger partial charge in [0.2, 0.25) is 11.6 Å². The molecule has 0 fully saturated rings. The molecule has 0 saturated carbocycles. The number of methoxy groups -OCH3 is 3. The second-order valence-corrected chi connectivity index (χ2v) is 5.87. The number of halogens is 3. The van der Waals surface area contributed by atoms with Gasteiger partial charge in [-0.15, -0.1) is 13.2 Å². The lowest BCUT2D eigenvalue weighted by Gasteiger charge is -2.13. The lowest BCUT2D eigenvalue weighted by atomic mass is 10.1. The molecule has 1 aliphatic heterocycles. The number of aliphatic imine (C=N–C) groups is 1. The third-order valence-electron chi connectivity index (χ3n) is 3.95. The summed E-state index contributed by atoms with van der Waals surface area (Å²) < 4.78 is 61.5. The van der Waals surface area contributed by atoms with Crippen molar-refractivity contribution in [2.75, 3.05) is 21.3 Å². The normalized spacial score (nSPS) is 14.9. The molecule has 0 N–H and O–H groups in total. The predicted octanol–water partition coefficient (Wildman–Crippen LogP) is 3.96. The minimum Gasteiger partial charge on any atom is -0.493 e. The summed E-state index contributed by atoms with van der Waals surface area (Å²) in [6.45, 7) is 0. The molecule has 0 aliphatic carbocycles. The maximum Gasteiger partial charge on any atom is 0.573 e. The topological polar surface area (TPSA) is 75.6 Å². The first kappa shape index (κ1) is 21.0. The first-order chi connectivity index (χ1) is 14.2. The van der Waals surface area contributed by atoms with Gasteiger partial charge in [0, 0.05) is 5.56 Å². The quantitative estimate of drug-likeness (QED) is 0.517. The maximum atomic E-state index is 12.2. The standard InChI is InChI=1S/C20H16F3NO6/c1-26-15-9-12(10-16(27-2)17(15)28-3)18-24-14(19(25)29-18)8-11-4-6-13(7-5-11)30-20(21,22)23/h4-10H,1-3H3/b14-8+. The molecule has 2 aromatic carbocycles. The van der Waals surface area contributed by atoms with Gasteiger partial charge < -0.3 is 23.7 Å². The van der Waals surface area contributed by atoms with E-state index in [-0.39, 0.29) is 17.3 Å². The maximum absolute atomic E-state index is 12.2. The number of cyclic esters (lactones) is 1. The Balaban J connectivity index is 1.89. The summed E-state index contributed by atoms with van der Waals surface area (Å²) in [6, 6.07) is 8.11. The summed E-state index contributed by atoms with van der Waals surface area (Å²) in [5.41, 5.74) is 0.824. The highest BCUT2D eigenvalue weighted by Crippen LogP contribution is 2.39. The van der Waals surface area contributed by atoms with Gasteiger partial charge in [0.05, 0.1) is 21.3 Å². The van der Waals surface area contributed by atoms with Crippen LogP contribution < -0.4 is 18.9 Å². The summed E-state index contributed by atoms with van der Waals surface area (Å²) in [7, 11) is 4.35. The van der Waals surface area contributed by atoms with E-state index < -0.39 is 12.3 Å². The van der Waals surface area contributed by atoms with E-state index >= 15 is 0 Å². The number of rotatable bonds is 6. The zero-order valence-electron chi connectivity index (χ0n) is 16.1. The highest BCUT2D eigenvalue weighted by molar-refractivity contribution is 6.13. The van der Waals surface area contributed by atoms with Crippen LogP contribution >= 0.6 is 0 Å². The van der Waals surface area contributed by atoms with Gasteiger partial charge in [-0.1, -0.05) is 12.1 Å². The zero-order valence-corrected chi connectivity index (χ0v) is 16.1. The van der Waals surface area contributed by atoms with Crippen molar-refractivity contribution < 1.29 is 41.7 Å². The highest BCUT2D eigenvalue weighted by atomic mass is 19.4. The predicted molar refractivity (Wildman–Crippen MR) is 99.8 cm³/mol. The van der Waals surface area contributed by atoms with E-state index in [9.17, 15) is 18.0 Å². The van der Waals surface area contributed by atoms with Crippen molar-refractivity contribution in [1.82, 2.24) is 0 Å². The molecule has 0 saturated heterocycles. The molecule has 2 aromatic rings. The molecule has 3 rings (SSSR count). The molecule has 30 heavy (non-hydrogen) atoms. The lowest BCUT2D eigenvalue weighted by molar-refractivity contribution is -0.274. The molecule has 1 heterocycles. The van der Waals surface area contributed by atoms with Gasteiger partial charge in [0.1, 0.15) is 5.75 Å². The molecular weight excluding hydrogens is 407 g/mol. The zero-order chi connectivity index (χ0) is 21.9. The number of carbonyl (C=O) groups is 1. The van der Waals surface area contributed by atoms with Crippen molar-refractivity contribution in [3.63, 3.8) is 0 Å². The molecule has 10 heteroatoms. The van der Waals surface area contributed by atoms with Crippen molar-refractivity contribution in [1.29, 1.82) is 0 Å². The Morgan fingerprint density at radius 2 is 1.57 bits per heavy atom. The first-order valence-corrected chi connectivity index (χ1v) is 8.43. The van der Waals surface area contributed by atoms with E-state index in [0.29, 0.717) is 28.4 Å². The molecule has 1 aliphatic rings. The number of esters is 1. The van der Waals surface area contributed by atoms with Gasteiger partial charge in [0.15, 0.2) is 17.2 Å². The Bertz CT molecular complexity index is 987. The van der Waals surface area contributed by atoms with Gasteiger partial charge in [-0.2, -0.15) is 0 Å². The molecular formula is C20H16F3NO6. The van der Waals surface area contributed by atoms with E-state index in [0.717, 1.165) is 12.1 Å². The Morgan fingerprint density at radius 3 is 2.07 bits per heavy atom. The summed E-state index contributed by atoms with van der Waals surface area (Å²) in [6.07, 6.45) is -3.40. The molecule has 7 nitrogen and oxygen atoms in total. The summed E-state index contributed by atoms with van der Waals surface area (Å²) >= 11 is 0. The highest BCUT2D eigenvalue weighted by Gasteiger charge is 2.31. The van der Waals surface area contributed by atoms with Gasteiger partial charge >= 0.3 is 12.3 Å². The fourth-order valence-electron chi connectivity index (χ4n) is 2.66. The van der Waals surface area contributed by atoms with Crippen LogP contribution in [0.25, 0.3) is 6.08 Å². The van der Waals surface area contributed by atoms with Gasteiger partial charge in [0.25, 0.3) is 0 Å².